The Balaban J connectivity index is 3.26. The van der Waals surface area contributed by atoms with Gasteiger partial charge in [0.25, 0.3) is 0 Å². The number of nitrogens with two attached hydrogens (primary N) is 1. The molecule has 21 heavy (non-hydrogen) atoms. The fourth-order valence-corrected chi connectivity index (χ4v) is 4.08. The third-order valence-electron chi connectivity index (χ3n) is 3.65. The van der Waals surface area contributed by atoms with Crippen molar-refractivity contribution in [3.8, 4) is 0 Å². The van der Waals surface area contributed by atoms with E-state index in [0.29, 0.717) is 30.5 Å². The summed E-state index contributed by atoms with van der Waals surface area (Å²) in [5.41, 5.74) is 8.07. The van der Waals surface area contributed by atoms with Gasteiger partial charge in [0.2, 0.25) is 10.0 Å². The molecule has 1 unspecified atom stereocenters. The van der Waals surface area contributed by atoms with E-state index in [1.807, 2.05) is 26.8 Å². The molecule has 0 saturated carbocycles. The number of rotatable bonds is 8. The highest BCUT2D eigenvalue weighted by Crippen LogP contribution is 2.25. The molecule has 0 aliphatic rings. The number of aliphatic hydroxyl groups excluding tert-OH is 1. The molecule has 1 aromatic rings. The van der Waals surface area contributed by atoms with Crippen LogP contribution in [0, 0.1) is 0 Å². The Hall–Kier alpha value is -1.11. The molecule has 0 aliphatic carbocycles. The van der Waals surface area contributed by atoms with Gasteiger partial charge in [-0.2, -0.15) is 0 Å². The number of anilines is 1. The molecule has 1 rings (SSSR count). The molecule has 1 aromatic carbocycles. The predicted molar refractivity (Wildman–Crippen MR) is 85.7 cm³/mol. The summed E-state index contributed by atoms with van der Waals surface area (Å²) in [5, 5.41) is 9.01. The summed E-state index contributed by atoms with van der Waals surface area (Å²) in [6.07, 6.45) is 2.32. The van der Waals surface area contributed by atoms with Crippen LogP contribution < -0.4 is 10.5 Å². The Morgan fingerprint density at radius 2 is 1.90 bits per heavy atom. The first-order valence-corrected chi connectivity index (χ1v) is 8.92. The minimum Gasteiger partial charge on any atom is -0.398 e. The van der Waals surface area contributed by atoms with Gasteiger partial charge in [0, 0.05) is 18.3 Å². The smallest absolute Gasteiger partial charge is 0.241 e. The molecule has 0 amide bonds. The van der Waals surface area contributed by atoms with E-state index in [0.717, 1.165) is 12.0 Å². The van der Waals surface area contributed by atoms with Gasteiger partial charge in [0.15, 0.2) is 0 Å². The number of aryl methyl sites for hydroxylation is 1. The standard InChI is InChI=1S/C15H26N2O3S/c1-4-11-9-14(16)13(6-3)15(10-11)21(19,20)17-12(5-2)7-8-18/h9-10,12,17-18H,4-8,16H2,1-3H3. The lowest BCUT2D eigenvalue weighted by Gasteiger charge is -2.19. The van der Waals surface area contributed by atoms with Gasteiger partial charge in [-0.3, -0.25) is 0 Å². The maximum absolute atomic E-state index is 12.6. The van der Waals surface area contributed by atoms with Crippen molar-refractivity contribution in [2.75, 3.05) is 12.3 Å². The number of benzene rings is 1. The van der Waals surface area contributed by atoms with Crippen molar-refractivity contribution in [3.05, 3.63) is 23.3 Å². The van der Waals surface area contributed by atoms with Gasteiger partial charge in [-0.25, -0.2) is 13.1 Å². The molecule has 0 spiro atoms. The number of hydrogen-bond acceptors (Lipinski definition) is 4. The maximum atomic E-state index is 12.6. The molecule has 4 N–H and O–H groups in total. The summed E-state index contributed by atoms with van der Waals surface area (Å²) in [5.74, 6) is 0. The van der Waals surface area contributed by atoms with E-state index in [1.54, 1.807) is 6.07 Å². The summed E-state index contributed by atoms with van der Waals surface area (Å²) >= 11 is 0. The van der Waals surface area contributed by atoms with Gasteiger partial charge in [-0.05, 0) is 48.9 Å². The van der Waals surface area contributed by atoms with E-state index in [2.05, 4.69) is 4.72 Å². The minimum absolute atomic E-state index is 0.0429. The average molecular weight is 314 g/mol. The van der Waals surface area contributed by atoms with Crippen LogP contribution in [0.3, 0.4) is 0 Å². The van der Waals surface area contributed by atoms with Crippen molar-refractivity contribution in [2.24, 2.45) is 0 Å². The van der Waals surface area contributed by atoms with Gasteiger partial charge in [-0.1, -0.05) is 20.8 Å². The van der Waals surface area contributed by atoms with Crippen molar-refractivity contribution < 1.29 is 13.5 Å². The van der Waals surface area contributed by atoms with Crippen LogP contribution in [0.4, 0.5) is 5.69 Å². The first-order chi connectivity index (χ1) is 9.89. The number of hydrogen-bond donors (Lipinski definition) is 3. The number of nitrogens with one attached hydrogen (secondary N) is 1. The molecular formula is C15H26N2O3S. The zero-order valence-corrected chi connectivity index (χ0v) is 13.8. The van der Waals surface area contributed by atoms with Gasteiger partial charge < -0.3 is 10.8 Å². The third kappa shape index (κ3) is 4.43. The molecule has 0 aromatic heterocycles. The topological polar surface area (TPSA) is 92.4 Å². The van der Waals surface area contributed by atoms with Crippen LogP contribution >= 0.6 is 0 Å². The SMILES string of the molecule is CCc1cc(N)c(CC)c(S(=O)(=O)NC(CC)CCO)c1. The molecular weight excluding hydrogens is 288 g/mol. The molecule has 0 radical (unpaired) electrons. The van der Waals surface area contributed by atoms with Crippen LogP contribution in [0.25, 0.3) is 0 Å². The molecule has 0 fully saturated rings. The highest BCUT2D eigenvalue weighted by molar-refractivity contribution is 7.89. The summed E-state index contributed by atoms with van der Waals surface area (Å²) in [6, 6.07) is 3.27. The van der Waals surface area contributed by atoms with Gasteiger partial charge in [-0.15, -0.1) is 0 Å². The minimum atomic E-state index is -3.63. The highest BCUT2D eigenvalue weighted by Gasteiger charge is 2.23. The van der Waals surface area contributed by atoms with Crippen molar-refractivity contribution in [2.45, 2.75) is 57.4 Å². The molecule has 1 atom stereocenters. The van der Waals surface area contributed by atoms with Crippen LogP contribution in [-0.4, -0.2) is 26.2 Å². The Bertz CT molecular complexity index is 571. The Morgan fingerprint density at radius 1 is 1.24 bits per heavy atom. The zero-order valence-electron chi connectivity index (χ0n) is 13.0. The molecule has 120 valence electrons. The maximum Gasteiger partial charge on any atom is 0.241 e. The normalized spacial score (nSPS) is 13.3. The summed E-state index contributed by atoms with van der Waals surface area (Å²) in [4.78, 5) is 0.262. The van der Waals surface area contributed by atoms with E-state index in [1.165, 1.54) is 0 Å². The average Bonchev–Trinajstić information content (AvgIpc) is 2.45. The van der Waals surface area contributed by atoms with Crippen LogP contribution in [-0.2, 0) is 22.9 Å². The summed E-state index contributed by atoms with van der Waals surface area (Å²) in [7, 11) is -3.63. The van der Waals surface area contributed by atoms with Crippen molar-refractivity contribution in [1.82, 2.24) is 4.72 Å². The second kappa shape index (κ2) is 7.77. The number of sulfonamides is 1. The van der Waals surface area contributed by atoms with E-state index in [-0.39, 0.29) is 17.5 Å². The first-order valence-electron chi connectivity index (χ1n) is 7.43. The summed E-state index contributed by atoms with van der Waals surface area (Å²) < 4.78 is 27.9. The largest absolute Gasteiger partial charge is 0.398 e. The molecule has 5 nitrogen and oxygen atoms in total. The second-order valence-corrected chi connectivity index (χ2v) is 6.79. The second-order valence-electron chi connectivity index (χ2n) is 5.11. The van der Waals surface area contributed by atoms with E-state index in [9.17, 15) is 8.42 Å². The van der Waals surface area contributed by atoms with Crippen LogP contribution in [0.15, 0.2) is 17.0 Å². The van der Waals surface area contributed by atoms with Crippen molar-refractivity contribution >= 4 is 15.7 Å². The van der Waals surface area contributed by atoms with E-state index < -0.39 is 10.0 Å². The Labute approximate surface area is 127 Å². The molecule has 0 aliphatic heterocycles. The zero-order chi connectivity index (χ0) is 16.0. The first kappa shape index (κ1) is 17.9. The van der Waals surface area contributed by atoms with Crippen molar-refractivity contribution in [1.29, 1.82) is 0 Å². The molecule has 6 heteroatoms. The molecule has 0 bridgehead atoms. The van der Waals surface area contributed by atoms with Crippen LogP contribution in [0.2, 0.25) is 0 Å². The van der Waals surface area contributed by atoms with Crippen LogP contribution in [0.5, 0.6) is 0 Å². The fourth-order valence-electron chi connectivity index (χ4n) is 2.33. The monoisotopic (exact) mass is 314 g/mol. The quantitative estimate of drug-likeness (QED) is 0.638. The van der Waals surface area contributed by atoms with E-state index >= 15 is 0 Å². The Kier molecular flexibility index (Phi) is 6.64. The fraction of sp³-hybridized carbons (Fsp3) is 0.600. The van der Waals surface area contributed by atoms with Crippen LogP contribution in [0.1, 0.15) is 44.7 Å². The number of nitrogen functional groups attached to an aromatic ring is 1. The lowest BCUT2D eigenvalue weighted by molar-refractivity contribution is 0.270. The third-order valence-corrected chi connectivity index (χ3v) is 5.23. The van der Waals surface area contributed by atoms with Gasteiger partial charge in [0.1, 0.15) is 0 Å². The lowest BCUT2D eigenvalue weighted by atomic mass is 10.1. The highest BCUT2D eigenvalue weighted by atomic mass is 32.2. The molecule has 0 heterocycles. The van der Waals surface area contributed by atoms with E-state index in [4.69, 9.17) is 10.8 Å². The van der Waals surface area contributed by atoms with Gasteiger partial charge in [0.05, 0.1) is 4.90 Å². The van der Waals surface area contributed by atoms with Gasteiger partial charge >= 0.3 is 0 Å². The summed E-state index contributed by atoms with van der Waals surface area (Å²) in [6.45, 7) is 5.70. The Morgan fingerprint density at radius 3 is 2.38 bits per heavy atom. The van der Waals surface area contributed by atoms with Crippen molar-refractivity contribution in [3.63, 3.8) is 0 Å². The number of aliphatic hydroxyl groups is 1. The lowest BCUT2D eigenvalue weighted by Crippen LogP contribution is -2.35. The predicted octanol–water partition coefficient (Wildman–Crippen LogP) is 1.83. The molecule has 0 saturated heterocycles.